The third-order valence-electron chi connectivity index (χ3n) is 7.16. The van der Waals surface area contributed by atoms with Gasteiger partial charge in [-0.2, -0.15) is 0 Å². The van der Waals surface area contributed by atoms with Crippen LogP contribution in [0.5, 0.6) is 5.75 Å². The SMILES string of the molecule is C[C@@H](NC[C@@H](O)COc1ccc(C(C)(C)CC(C)(C)C)cc1)[C@@H]1C[C@@H]2CC[C@@H]1C2. The minimum atomic E-state index is -0.479. The van der Waals surface area contributed by atoms with Gasteiger partial charge in [-0.1, -0.05) is 53.2 Å². The Labute approximate surface area is 178 Å². The summed E-state index contributed by atoms with van der Waals surface area (Å²) in [5.74, 6) is 3.52. The van der Waals surface area contributed by atoms with Crippen LogP contribution in [0.15, 0.2) is 24.3 Å². The van der Waals surface area contributed by atoms with Crippen molar-refractivity contribution in [3.05, 3.63) is 29.8 Å². The largest absolute Gasteiger partial charge is 0.491 e. The molecule has 0 radical (unpaired) electrons. The molecule has 0 spiro atoms. The Morgan fingerprint density at radius 2 is 1.76 bits per heavy atom. The fourth-order valence-corrected chi connectivity index (χ4v) is 6.06. The molecule has 0 saturated heterocycles. The van der Waals surface area contributed by atoms with Crippen LogP contribution in [-0.2, 0) is 5.41 Å². The molecule has 0 unspecified atom stereocenters. The van der Waals surface area contributed by atoms with Crippen LogP contribution in [0, 0.1) is 23.2 Å². The molecule has 29 heavy (non-hydrogen) atoms. The lowest BCUT2D eigenvalue weighted by atomic mass is 9.72. The number of aliphatic hydroxyl groups is 1. The van der Waals surface area contributed by atoms with E-state index in [1.54, 1.807) is 0 Å². The van der Waals surface area contributed by atoms with Crippen molar-refractivity contribution in [1.29, 1.82) is 0 Å². The quantitative estimate of drug-likeness (QED) is 0.570. The van der Waals surface area contributed by atoms with Crippen molar-refractivity contribution < 1.29 is 9.84 Å². The number of hydrogen-bond donors (Lipinski definition) is 2. The standard InChI is InChI=1S/C26H43NO2/c1-18(24-14-19-7-8-20(24)13-19)27-15-22(28)16-29-23-11-9-21(10-12-23)26(5,6)17-25(2,3)4/h9-12,18-20,22,24,27-28H,7-8,13-17H2,1-6H3/t18-,19-,20-,22-,24+/m1/s1. The van der Waals surface area contributed by atoms with Crippen LogP contribution in [-0.4, -0.2) is 30.4 Å². The Balaban J connectivity index is 1.41. The second kappa shape index (κ2) is 8.98. The number of aliphatic hydroxyl groups excluding tert-OH is 1. The average Bonchev–Trinajstić information content (AvgIpc) is 3.26. The second-order valence-electron chi connectivity index (χ2n) is 11.6. The van der Waals surface area contributed by atoms with Crippen molar-refractivity contribution >= 4 is 0 Å². The van der Waals surface area contributed by atoms with Gasteiger partial charge in [-0.15, -0.1) is 0 Å². The number of rotatable bonds is 9. The van der Waals surface area contributed by atoms with Gasteiger partial charge in [0, 0.05) is 12.6 Å². The van der Waals surface area contributed by atoms with E-state index in [9.17, 15) is 5.11 Å². The molecular formula is C26H43NO2. The summed E-state index contributed by atoms with van der Waals surface area (Å²) >= 11 is 0. The summed E-state index contributed by atoms with van der Waals surface area (Å²) in [5.41, 5.74) is 1.77. The second-order valence-corrected chi connectivity index (χ2v) is 11.6. The number of hydrogen-bond acceptors (Lipinski definition) is 3. The zero-order valence-electron chi connectivity index (χ0n) is 19.5. The molecule has 2 bridgehead atoms. The third kappa shape index (κ3) is 6.21. The van der Waals surface area contributed by atoms with Gasteiger partial charge in [0.15, 0.2) is 0 Å². The topological polar surface area (TPSA) is 41.5 Å². The molecule has 164 valence electrons. The smallest absolute Gasteiger partial charge is 0.119 e. The van der Waals surface area contributed by atoms with Crippen molar-refractivity contribution in [1.82, 2.24) is 5.32 Å². The van der Waals surface area contributed by atoms with Gasteiger partial charge in [0.2, 0.25) is 0 Å². The summed E-state index contributed by atoms with van der Waals surface area (Å²) in [6.07, 6.45) is 6.32. The maximum Gasteiger partial charge on any atom is 0.119 e. The van der Waals surface area contributed by atoms with Crippen molar-refractivity contribution in [3.8, 4) is 5.75 Å². The zero-order chi connectivity index (χ0) is 21.2. The zero-order valence-corrected chi connectivity index (χ0v) is 19.5. The molecule has 0 aliphatic heterocycles. The molecule has 3 rings (SSSR count). The summed E-state index contributed by atoms with van der Waals surface area (Å²) in [5, 5.41) is 13.9. The van der Waals surface area contributed by atoms with Gasteiger partial charge in [0.25, 0.3) is 0 Å². The van der Waals surface area contributed by atoms with E-state index in [1.165, 1.54) is 31.2 Å². The Hall–Kier alpha value is -1.06. The summed E-state index contributed by atoms with van der Waals surface area (Å²) in [7, 11) is 0. The summed E-state index contributed by atoms with van der Waals surface area (Å²) in [4.78, 5) is 0. The van der Waals surface area contributed by atoms with Gasteiger partial charge in [-0.05, 0) is 78.9 Å². The van der Waals surface area contributed by atoms with Crippen molar-refractivity contribution in [2.45, 2.75) is 91.2 Å². The minimum absolute atomic E-state index is 0.135. The van der Waals surface area contributed by atoms with Gasteiger partial charge in [0.05, 0.1) is 0 Å². The van der Waals surface area contributed by atoms with Crippen LogP contribution in [0.3, 0.4) is 0 Å². The molecule has 2 saturated carbocycles. The van der Waals surface area contributed by atoms with E-state index in [0.717, 1.165) is 29.9 Å². The predicted octanol–water partition coefficient (Wildman–Crippen LogP) is 5.55. The lowest BCUT2D eigenvalue weighted by Gasteiger charge is -2.33. The number of nitrogens with one attached hydrogen (secondary N) is 1. The highest BCUT2D eigenvalue weighted by atomic mass is 16.5. The Kier molecular flexibility index (Phi) is 7.00. The molecule has 3 heteroatoms. The Morgan fingerprint density at radius 3 is 2.31 bits per heavy atom. The maximum absolute atomic E-state index is 10.4. The predicted molar refractivity (Wildman–Crippen MR) is 121 cm³/mol. The number of benzene rings is 1. The minimum Gasteiger partial charge on any atom is -0.491 e. The van der Waals surface area contributed by atoms with E-state index in [2.05, 4.69) is 59.0 Å². The first-order chi connectivity index (χ1) is 13.5. The first-order valence-electron chi connectivity index (χ1n) is 11.7. The van der Waals surface area contributed by atoms with Gasteiger partial charge >= 0.3 is 0 Å². The normalized spacial score (nSPS) is 26.5. The number of fused-ring (bicyclic) bond motifs is 2. The molecule has 2 N–H and O–H groups in total. The van der Waals surface area contributed by atoms with E-state index in [-0.39, 0.29) is 5.41 Å². The van der Waals surface area contributed by atoms with Crippen molar-refractivity contribution in [2.75, 3.05) is 13.2 Å². The molecule has 0 aromatic heterocycles. The van der Waals surface area contributed by atoms with Gasteiger partial charge in [-0.3, -0.25) is 0 Å². The lowest BCUT2D eigenvalue weighted by Crippen LogP contribution is -2.41. The molecule has 1 aromatic carbocycles. The number of ether oxygens (including phenoxy) is 1. The molecular weight excluding hydrogens is 358 g/mol. The Morgan fingerprint density at radius 1 is 1.07 bits per heavy atom. The summed E-state index contributed by atoms with van der Waals surface area (Å²) in [6.45, 7) is 14.7. The van der Waals surface area contributed by atoms with E-state index < -0.39 is 6.10 Å². The monoisotopic (exact) mass is 401 g/mol. The fourth-order valence-electron chi connectivity index (χ4n) is 6.06. The van der Waals surface area contributed by atoms with Crippen LogP contribution >= 0.6 is 0 Å². The molecule has 3 nitrogen and oxygen atoms in total. The molecule has 1 aromatic rings. The maximum atomic E-state index is 10.4. The fraction of sp³-hybridized carbons (Fsp3) is 0.769. The van der Waals surface area contributed by atoms with Crippen LogP contribution < -0.4 is 10.1 Å². The molecule has 2 aliphatic rings. The van der Waals surface area contributed by atoms with Gasteiger partial charge in [-0.25, -0.2) is 0 Å². The summed E-state index contributed by atoms with van der Waals surface area (Å²) in [6, 6.07) is 8.91. The highest BCUT2D eigenvalue weighted by Crippen LogP contribution is 2.49. The van der Waals surface area contributed by atoms with Crippen molar-refractivity contribution in [3.63, 3.8) is 0 Å². The van der Waals surface area contributed by atoms with Gasteiger partial charge < -0.3 is 15.2 Å². The van der Waals surface area contributed by atoms with Crippen molar-refractivity contribution in [2.24, 2.45) is 23.2 Å². The van der Waals surface area contributed by atoms with E-state index >= 15 is 0 Å². The van der Waals surface area contributed by atoms with Crippen LogP contribution in [0.25, 0.3) is 0 Å². The van der Waals surface area contributed by atoms with Crippen LogP contribution in [0.1, 0.15) is 79.2 Å². The molecule has 0 amide bonds. The third-order valence-corrected chi connectivity index (χ3v) is 7.16. The molecule has 0 heterocycles. The van der Waals surface area contributed by atoms with E-state index in [0.29, 0.717) is 24.6 Å². The highest BCUT2D eigenvalue weighted by Gasteiger charge is 2.41. The van der Waals surface area contributed by atoms with E-state index in [4.69, 9.17) is 4.74 Å². The van der Waals surface area contributed by atoms with E-state index in [1.807, 2.05) is 12.1 Å². The Bertz CT molecular complexity index is 646. The highest BCUT2D eigenvalue weighted by molar-refractivity contribution is 5.31. The molecule has 5 atom stereocenters. The molecule has 2 fully saturated rings. The summed E-state index contributed by atoms with van der Waals surface area (Å²) < 4.78 is 5.85. The van der Waals surface area contributed by atoms with Crippen LogP contribution in [0.4, 0.5) is 0 Å². The first kappa shape index (κ1) is 22.6. The average molecular weight is 402 g/mol. The van der Waals surface area contributed by atoms with Crippen LogP contribution in [0.2, 0.25) is 0 Å². The first-order valence-corrected chi connectivity index (χ1v) is 11.7. The molecule has 2 aliphatic carbocycles. The van der Waals surface area contributed by atoms with Gasteiger partial charge in [0.1, 0.15) is 18.5 Å². The lowest BCUT2D eigenvalue weighted by molar-refractivity contribution is 0.0993.